The highest BCUT2D eigenvalue weighted by molar-refractivity contribution is 5.26. The summed E-state index contributed by atoms with van der Waals surface area (Å²) in [6, 6.07) is 8.80. The molecule has 0 saturated carbocycles. The molecule has 1 aromatic carbocycles. The third kappa shape index (κ3) is 3.56. The molecule has 1 atom stereocenters. The maximum absolute atomic E-state index is 5.97. The summed E-state index contributed by atoms with van der Waals surface area (Å²) in [5, 5.41) is 0. The lowest BCUT2D eigenvalue weighted by atomic mass is 9.94. The van der Waals surface area contributed by atoms with E-state index in [1.807, 2.05) is 0 Å². The third-order valence-corrected chi connectivity index (χ3v) is 4.15. The molecule has 2 N–H and O–H groups in total. The molecular formula is C16H26N2. The summed E-state index contributed by atoms with van der Waals surface area (Å²) in [7, 11) is 0. The second kappa shape index (κ2) is 6.35. The van der Waals surface area contributed by atoms with E-state index in [9.17, 15) is 0 Å². The molecule has 1 fully saturated rings. The van der Waals surface area contributed by atoms with Gasteiger partial charge >= 0.3 is 0 Å². The predicted octanol–water partition coefficient (Wildman–Crippen LogP) is 2.77. The molecule has 1 heterocycles. The van der Waals surface area contributed by atoms with E-state index in [0.717, 1.165) is 19.0 Å². The Morgan fingerprint density at radius 3 is 2.67 bits per heavy atom. The summed E-state index contributed by atoms with van der Waals surface area (Å²) in [6.07, 6.45) is 2.68. The number of nitrogens with two attached hydrogens (primary N) is 1. The predicted molar refractivity (Wildman–Crippen MR) is 77.8 cm³/mol. The topological polar surface area (TPSA) is 29.3 Å². The van der Waals surface area contributed by atoms with Crippen LogP contribution in [0.5, 0.6) is 0 Å². The van der Waals surface area contributed by atoms with Gasteiger partial charge in [-0.2, -0.15) is 0 Å². The Hall–Kier alpha value is -0.860. The fraction of sp³-hybridized carbons (Fsp3) is 0.625. The standard InChI is InChI=1S/C16H26N2/c1-13-6-8-18(9-7-13)12-16(11-17)15-5-3-4-14(2)10-15/h3-5,10,13,16H,6-9,11-12,17H2,1-2H3. The van der Waals surface area contributed by atoms with Crippen LogP contribution in [0, 0.1) is 12.8 Å². The first-order valence-corrected chi connectivity index (χ1v) is 7.18. The third-order valence-electron chi connectivity index (χ3n) is 4.15. The zero-order chi connectivity index (χ0) is 13.0. The molecule has 2 heteroatoms. The average molecular weight is 246 g/mol. The molecule has 0 amide bonds. The van der Waals surface area contributed by atoms with Gasteiger partial charge in [-0.15, -0.1) is 0 Å². The van der Waals surface area contributed by atoms with Crippen molar-refractivity contribution in [2.75, 3.05) is 26.2 Å². The molecule has 1 aromatic rings. The van der Waals surface area contributed by atoms with E-state index in [4.69, 9.17) is 5.73 Å². The molecular weight excluding hydrogens is 220 g/mol. The summed E-state index contributed by atoms with van der Waals surface area (Å²) in [5.74, 6) is 1.38. The Balaban J connectivity index is 1.97. The molecule has 1 aliphatic heterocycles. The smallest absolute Gasteiger partial charge is 0.00889 e. The Labute approximate surface area is 111 Å². The van der Waals surface area contributed by atoms with Gasteiger partial charge in [0.05, 0.1) is 0 Å². The highest BCUT2D eigenvalue weighted by atomic mass is 15.1. The minimum atomic E-state index is 0.485. The zero-order valence-corrected chi connectivity index (χ0v) is 11.7. The largest absolute Gasteiger partial charge is 0.330 e. The zero-order valence-electron chi connectivity index (χ0n) is 11.7. The molecule has 1 saturated heterocycles. The Kier molecular flexibility index (Phi) is 4.79. The number of hydrogen-bond donors (Lipinski definition) is 1. The molecule has 18 heavy (non-hydrogen) atoms. The van der Waals surface area contributed by atoms with E-state index in [1.165, 1.54) is 37.1 Å². The highest BCUT2D eigenvalue weighted by Crippen LogP contribution is 2.21. The van der Waals surface area contributed by atoms with Crippen molar-refractivity contribution in [2.45, 2.75) is 32.6 Å². The summed E-state index contributed by atoms with van der Waals surface area (Å²) in [4.78, 5) is 2.58. The number of nitrogens with zero attached hydrogens (tertiary/aromatic N) is 1. The summed E-state index contributed by atoms with van der Waals surface area (Å²) >= 11 is 0. The molecule has 1 unspecified atom stereocenters. The fourth-order valence-corrected chi connectivity index (χ4v) is 2.80. The minimum Gasteiger partial charge on any atom is -0.330 e. The van der Waals surface area contributed by atoms with Crippen LogP contribution in [0.3, 0.4) is 0 Å². The van der Waals surface area contributed by atoms with Gasteiger partial charge in [0.2, 0.25) is 0 Å². The van der Waals surface area contributed by atoms with Crippen LogP contribution in [0.1, 0.15) is 36.8 Å². The van der Waals surface area contributed by atoms with Crippen molar-refractivity contribution in [3.05, 3.63) is 35.4 Å². The van der Waals surface area contributed by atoms with E-state index >= 15 is 0 Å². The maximum atomic E-state index is 5.97. The van der Waals surface area contributed by atoms with Gasteiger partial charge in [0.15, 0.2) is 0 Å². The first-order chi connectivity index (χ1) is 8.69. The van der Waals surface area contributed by atoms with E-state index < -0.39 is 0 Å². The van der Waals surface area contributed by atoms with Gasteiger partial charge in [-0.25, -0.2) is 0 Å². The second-order valence-corrected chi connectivity index (χ2v) is 5.83. The number of likely N-dealkylation sites (tertiary alicyclic amines) is 1. The summed E-state index contributed by atoms with van der Waals surface area (Å²) in [5.41, 5.74) is 8.70. The molecule has 0 aliphatic carbocycles. The van der Waals surface area contributed by atoms with Crippen LogP contribution in [0.25, 0.3) is 0 Å². The first-order valence-electron chi connectivity index (χ1n) is 7.18. The Morgan fingerprint density at radius 2 is 2.06 bits per heavy atom. The van der Waals surface area contributed by atoms with Crippen LogP contribution in [-0.4, -0.2) is 31.1 Å². The average Bonchev–Trinajstić information content (AvgIpc) is 2.38. The molecule has 0 aromatic heterocycles. The minimum absolute atomic E-state index is 0.485. The lowest BCUT2D eigenvalue weighted by Crippen LogP contribution is -2.37. The van der Waals surface area contributed by atoms with Crippen molar-refractivity contribution >= 4 is 0 Å². The van der Waals surface area contributed by atoms with Gasteiger partial charge < -0.3 is 10.6 Å². The van der Waals surface area contributed by atoms with Crippen molar-refractivity contribution < 1.29 is 0 Å². The van der Waals surface area contributed by atoms with Crippen LogP contribution in [0.2, 0.25) is 0 Å². The molecule has 2 nitrogen and oxygen atoms in total. The van der Waals surface area contributed by atoms with Crippen molar-refractivity contribution in [2.24, 2.45) is 11.7 Å². The number of piperidine rings is 1. The van der Waals surface area contributed by atoms with Crippen LogP contribution in [0.4, 0.5) is 0 Å². The van der Waals surface area contributed by atoms with Crippen molar-refractivity contribution in [3.63, 3.8) is 0 Å². The normalized spacial score (nSPS) is 19.9. The summed E-state index contributed by atoms with van der Waals surface area (Å²) < 4.78 is 0. The van der Waals surface area contributed by atoms with Crippen LogP contribution in [-0.2, 0) is 0 Å². The molecule has 100 valence electrons. The van der Waals surface area contributed by atoms with Crippen LogP contribution in [0.15, 0.2) is 24.3 Å². The second-order valence-electron chi connectivity index (χ2n) is 5.83. The quantitative estimate of drug-likeness (QED) is 0.885. The van der Waals surface area contributed by atoms with E-state index in [-0.39, 0.29) is 0 Å². The van der Waals surface area contributed by atoms with Gasteiger partial charge in [-0.05, 0) is 44.3 Å². The van der Waals surface area contributed by atoms with Crippen LogP contribution < -0.4 is 5.73 Å². The molecule has 1 aliphatic rings. The van der Waals surface area contributed by atoms with Crippen molar-refractivity contribution in [1.82, 2.24) is 4.90 Å². The molecule has 2 rings (SSSR count). The van der Waals surface area contributed by atoms with E-state index in [1.54, 1.807) is 0 Å². The highest BCUT2D eigenvalue weighted by Gasteiger charge is 2.19. The van der Waals surface area contributed by atoms with Gasteiger partial charge in [-0.1, -0.05) is 36.8 Å². The van der Waals surface area contributed by atoms with Gasteiger partial charge in [0.1, 0.15) is 0 Å². The van der Waals surface area contributed by atoms with Gasteiger partial charge in [0, 0.05) is 19.0 Å². The Morgan fingerprint density at radius 1 is 1.33 bits per heavy atom. The van der Waals surface area contributed by atoms with E-state index in [0.29, 0.717) is 5.92 Å². The first kappa shape index (κ1) is 13.6. The van der Waals surface area contributed by atoms with E-state index in [2.05, 4.69) is 43.0 Å². The number of benzene rings is 1. The van der Waals surface area contributed by atoms with Gasteiger partial charge in [-0.3, -0.25) is 0 Å². The monoisotopic (exact) mass is 246 g/mol. The lowest BCUT2D eigenvalue weighted by molar-refractivity contribution is 0.183. The number of rotatable bonds is 4. The van der Waals surface area contributed by atoms with Crippen LogP contribution >= 0.6 is 0 Å². The number of hydrogen-bond acceptors (Lipinski definition) is 2. The Bertz CT molecular complexity index is 367. The maximum Gasteiger partial charge on any atom is 0.00889 e. The molecule has 0 bridgehead atoms. The van der Waals surface area contributed by atoms with Gasteiger partial charge in [0.25, 0.3) is 0 Å². The SMILES string of the molecule is Cc1cccc(C(CN)CN2CCC(C)CC2)c1. The lowest BCUT2D eigenvalue weighted by Gasteiger charge is -2.33. The van der Waals surface area contributed by atoms with Crippen molar-refractivity contribution in [1.29, 1.82) is 0 Å². The fourth-order valence-electron chi connectivity index (χ4n) is 2.80. The molecule has 0 radical (unpaired) electrons. The van der Waals surface area contributed by atoms with Crippen molar-refractivity contribution in [3.8, 4) is 0 Å². The number of aryl methyl sites for hydroxylation is 1. The molecule has 0 spiro atoms. The summed E-state index contributed by atoms with van der Waals surface area (Å²) in [6.45, 7) is 8.85.